The molecular formula is C59H41N3. The number of allylic oxidation sites excluding steroid dienone is 1. The molecule has 1 N–H and O–H groups in total. The van der Waals surface area contributed by atoms with Crippen LogP contribution in [0.4, 0.5) is 0 Å². The summed E-state index contributed by atoms with van der Waals surface area (Å²) in [6.07, 6.45) is 2.00. The number of hydrogen-bond donors (Lipinski definition) is 1. The lowest BCUT2D eigenvalue weighted by Gasteiger charge is -2.14. The number of nitrogens with one attached hydrogen (secondary N) is 1. The van der Waals surface area contributed by atoms with E-state index in [-0.39, 0.29) is 0 Å². The molecule has 10 rings (SSSR count). The average Bonchev–Trinajstić information content (AvgIpc) is 3.36. The Labute approximate surface area is 362 Å². The van der Waals surface area contributed by atoms with Crippen molar-refractivity contribution in [3.8, 4) is 67.3 Å². The fraction of sp³-hybridized carbons (Fsp3) is 0. The topological polar surface area (TPSA) is 49.6 Å². The van der Waals surface area contributed by atoms with E-state index >= 15 is 0 Å². The lowest BCUT2D eigenvalue weighted by molar-refractivity contribution is 1.18. The second-order valence-corrected chi connectivity index (χ2v) is 15.4. The van der Waals surface area contributed by atoms with Crippen molar-refractivity contribution in [1.82, 2.24) is 9.97 Å². The van der Waals surface area contributed by atoms with E-state index in [0.29, 0.717) is 11.5 Å². The van der Waals surface area contributed by atoms with Gasteiger partial charge >= 0.3 is 0 Å². The standard InChI is InChI=1S/C59H41N3/c60-56(46-22-11-4-12-23-46)39-55(44-20-9-3-10-21-44)53-29-15-24-45-32-35-50(38-54(45)53)43-30-33-47(34-31-43)59-61-57(51-27-13-25-48(36-51)41-16-5-1-6-17-41)40-58(62-59)52-28-14-26-49(37-52)42-18-7-2-8-19-42/h1-40,60H/b55-39-,60-56?. The van der Waals surface area contributed by atoms with E-state index in [0.717, 1.165) is 94.5 Å². The SMILES string of the molecule is N=C(/C=C(/c1ccccc1)c1cccc2ccc(-c3ccc(-c4nc(-c5cccc(-c6ccccc6)c5)cc(-c5cccc(-c6ccccc6)c5)n4)cc3)cc12)c1ccccc1. The van der Waals surface area contributed by atoms with Gasteiger partial charge in [-0.3, -0.25) is 0 Å². The van der Waals surface area contributed by atoms with E-state index in [9.17, 15) is 0 Å². The fourth-order valence-electron chi connectivity index (χ4n) is 8.13. The number of nitrogens with zero attached hydrogens (tertiary/aromatic N) is 2. The van der Waals surface area contributed by atoms with Crippen molar-refractivity contribution in [2.75, 3.05) is 0 Å². The Balaban J connectivity index is 1.05. The zero-order valence-corrected chi connectivity index (χ0v) is 34.0. The van der Waals surface area contributed by atoms with Crippen LogP contribution in [0.5, 0.6) is 0 Å². The number of fused-ring (bicyclic) bond motifs is 1. The van der Waals surface area contributed by atoms with E-state index in [4.69, 9.17) is 15.4 Å². The molecule has 292 valence electrons. The van der Waals surface area contributed by atoms with Crippen LogP contribution < -0.4 is 0 Å². The number of benzene rings is 9. The lowest BCUT2D eigenvalue weighted by Crippen LogP contribution is -1.98. The Kier molecular flexibility index (Phi) is 10.5. The zero-order valence-electron chi connectivity index (χ0n) is 34.0. The van der Waals surface area contributed by atoms with Crippen LogP contribution in [0, 0.1) is 5.41 Å². The highest BCUT2D eigenvalue weighted by atomic mass is 14.9. The predicted octanol–water partition coefficient (Wildman–Crippen LogP) is 15.1. The quantitative estimate of drug-likeness (QED) is 0.140. The predicted molar refractivity (Wildman–Crippen MR) is 259 cm³/mol. The highest BCUT2D eigenvalue weighted by Gasteiger charge is 2.15. The summed E-state index contributed by atoms with van der Waals surface area (Å²) in [6.45, 7) is 0. The fourth-order valence-corrected chi connectivity index (χ4v) is 8.13. The van der Waals surface area contributed by atoms with Crippen molar-refractivity contribution >= 4 is 22.1 Å². The second kappa shape index (κ2) is 17.1. The molecule has 0 spiro atoms. The summed E-state index contributed by atoms with van der Waals surface area (Å²) in [5.74, 6) is 0.665. The van der Waals surface area contributed by atoms with E-state index in [1.165, 1.54) is 0 Å². The maximum Gasteiger partial charge on any atom is 0.160 e. The third-order valence-electron chi connectivity index (χ3n) is 11.4. The molecule has 9 aromatic carbocycles. The summed E-state index contributed by atoms with van der Waals surface area (Å²) in [5.41, 5.74) is 16.0. The summed E-state index contributed by atoms with van der Waals surface area (Å²) in [6, 6.07) is 82.2. The van der Waals surface area contributed by atoms with Crippen molar-refractivity contribution in [1.29, 1.82) is 5.41 Å². The van der Waals surface area contributed by atoms with Crippen LogP contribution in [0.3, 0.4) is 0 Å². The molecule has 0 atom stereocenters. The Morgan fingerprint density at radius 2 is 0.774 bits per heavy atom. The molecule has 3 heteroatoms. The molecule has 0 amide bonds. The first kappa shape index (κ1) is 38.0. The van der Waals surface area contributed by atoms with Gasteiger partial charge in [-0.2, -0.15) is 0 Å². The van der Waals surface area contributed by atoms with Crippen molar-refractivity contribution in [3.05, 3.63) is 259 Å². The number of rotatable bonds is 10. The molecule has 0 fully saturated rings. The van der Waals surface area contributed by atoms with Gasteiger partial charge in [-0.25, -0.2) is 9.97 Å². The molecule has 1 aromatic heterocycles. The van der Waals surface area contributed by atoms with E-state index in [1.807, 2.05) is 54.6 Å². The molecule has 0 saturated heterocycles. The van der Waals surface area contributed by atoms with Crippen LogP contribution in [-0.4, -0.2) is 15.7 Å². The molecule has 10 aromatic rings. The minimum atomic E-state index is 0.468. The summed E-state index contributed by atoms with van der Waals surface area (Å²) in [7, 11) is 0. The third-order valence-corrected chi connectivity index (χ3v) is 11.4. The average molecular weight is 792 g/mol. The number of hydrogen-bond acceptors (Lipinski definition) is 3. The smallest absolute Gasteiger partial charge is 0.160 e. The first-order valence-electron chi connectivity index (χ1n) is 20.9. The van der Waals surface area contributed by atoms with Crippen molar-refractivity contribution in [3.63, 3.8) is 0 Å². The molecule has 0 unspecified atom stereocenters. The van der Waals surface area contributed by atoms with Crippen LogP contribution in [0.25, 0.3) is 83.6 Å². The first-order valence-corrected chi connectivity index (χ1v) is 20.9. The summed E-state index contributed by atoms with van der Waals surface area (Å²) in [5, 5.41) is 11.3. The molecule has 0 bridgehead atoms. The molecule has 0 radical (unpaired) electrons. The molecule has 0 aliphatic rings. The normalized spacial score (nSPS) is 11.4. The minimum absolute atomic E-state index is 0.468. The van der Waals surface area contributed by atoms with Crippen LogP contribution in [0.1, 0.15) is 16.7 Å². The molecule has 0 saturated carbocycles. The highest BCUT2D eigenvalue weighted by Crippen LogP contribution is 2.36. The zero-order chi connectivity index (χ0) is 41.7. The van der Waals surface area contributed by atoms with Crippen LogP contribution in [0.15, 0.2) is 243 Å². The molecule has 0 aliphatic carbocycles. The van der Waals surface area contributed by atoms with Gasteiger partial charge in [0, 0.05) is 16.7 Å². The Morgan fingerprint density at radius 1 is 0.339 bits per heavy atom. The lowest BCUT2D eigenvalue weighted by atomic mass is 9.90. The van der Waals surface area contributed by atoms with Crippen LogP contribution in [-0.2, 0) is 0 Å². The first-order chi connectivity index (χ1) is 30.6. The summed E-state index contributed by atoms with van der Waals surface area (Å²) in [4.78, 5) is 10.5. The van der Waals surface area contributed by atoms with E-state index in [1.54, 1.807) is 0 Å². The largest absolute Gasteiger partial charge is 0.300 e. The van der Waals surface area contributed by atoms with Crippen LogP contribution >= 0.6 is 0 Å². The summed E-state index contributed by atoms with van der Waals surface area (Å²) >= 11 is 0. The van der Waals surface area contributed by atoms with Gasteiger partial charge in [0.1, 0.15) is 0 Å². The Hall–Kier alpha value is -8.27. The van der Waals surface area contributed by atoms with Gasteiger partial charge in [0.2, 0.25) is 0 Å². The third kappa shape index (κ3) is 8.03. The monoisotopic (exact) mass is 791 g/mol. The highest BCUT2D eigenvalue weighted by molar-refractivity contribution is 6.14. The summed E-state index contributed by atoms with van der Waals surface area (Å²) < 4.78 is 0. The maximum absolute atomic E-state index is 9.06. The van der Waals surface area contributed by atoms with Crippen LogP contribution in [0.2, 0.25) is 0 Å². The second-order valence-electron chi connectivity index (χ2n) is 15.4. The van der Waals surface area contributed by atoms with Crippen molar-refractivity contribution in [2.24, 2.45) is 0 Å². The van der Waals surface area contributed by atoms with Crippen molar-refractivity contribution < 1.29 is 0 Å². The van der Waals surface area contributed by atoms with Gasteiger partial charge in [-0.15, -0.1) is 0 Å². The molecular weight excluding hydrogens is 751 g/mol. The molecule has 0 aliphatic heterocycles. The van der Waals surface area contributed by atoms with Gasteiger partial charge < -0.3 is 5.41 Å². The van der Waals surface area contributed by atoms with Gasteiger partial charge in [0.15, 0.2) is 5.82 Å². The van der Waals surface area contributed by atoms with Gasteiger partial charge in [-0.1, -0.05) is 212 Å². The molecule has 62 heavy (non-hydrogen) atoms. The Bertz CT molecular complexity index is 3110. The van der Waals surface area contributed by atoms with Gasteiger partial charge in [0.25, 0.3) is 0 Å². The minimum Gasteiger partial charge on any atom is -0.300 e. The van der Waals surface area contributed by atoms with Gasteiger partial charge in [-0.05, 0) is 96.8 Å². The van der Waals surface area contributed by atoms with Crippen molar-refractivity contribution in [2.45, 2.75) is 0 Å². The van der Waals surface area contributed by atoms with Gasteiger partial charge in [0.05, 0.1) is 17.1 Å². The molecule has 3 nitrogen and oxygen atoms in total. The Morgan fingerprint density at radius 3 is 1.35 bits per heavy atom. The van der Waals surface area contributed by atoms with E-state index < -0.39 is 0 Å². The van der Waals surface area contributed by atoms with E-state index in [2.05, 4.69) is 188 Å². The molecule has 1 heterocycles. The maximum atomic E-state index is 9.06. The number of aromatic nitrogens is 2.